The van der Waals surface area contributed by atoms with E-state index in [2.05, 4.69) is 35.2 Å². The zero-order valence-corrected chi connectivity index (χ0v) is 12.5. The largest absolute Gasteiger partial charge is 0.330 e. The SMILES string of the molecule is NCC1CCCN(C2CCC(c3ccccc3)CC2)C1. The van der Waals surface area contributed by atoms with E-state index in [1.165, 1.54) is 51.6 Å². The van der Waals surface area contributed by atoms with Crippen molar-refractivity contribution in [3.05, 3.63) is 35.9 Å². The van der Waals surface area contributed by atoms with E-state index in [9.17, 15) is 0 Å². The van der Waals surface area contributed by atoms with Crippen LogP contribution in [-0.2, 0) is 0 Å². The molecule has 110 valence electrons. The minimum Gasteiger partial charge on any atom is -0.330 e. The Bertz CT molecular complexity index is 395. The van der Waals surface area contributed by atoms with E-state index in [-0.39, 0.29) is 0 Å². The Morgan fingerprint density at radius 3 is 2.45 bits per heavy atom. The maximum Gasteiger partial charge on any atom is 0.00958 e. The van der Waals surface area contributed by atoms with Gasteiger partial charge in [-0.2, -0.15) is 0 Å². The molecule has 0 aromatic heterocycles. The average molecular weight is 272 g/mol. The summed E-state index contributed by atoms with van der Waals surface area (Å²) in [4.78, 5) is 2.74. The first kappa shape index (κ1) is 14.1. The molecule has 1 heterocycles. The molecule has 1 aliphatic carbocycles. The number of nitrogens with zero attached hydrogens (tertiary/aromatic N) is 1. The van der Waals surface area contributed by atoms with Gasteiger partial charge in [0.05, 0.1) is 0 Å². The Morgan fingerprint density at radius 2 is 1.75 bits per heavy atom. The molecule has 1 aromatic carbocycles. The van der Waals surface area contributed by atoms with Crippen LogP contribution >= 0.6 is 0 Å². The summed E-state index contributed by atoms with van der Waals surface area (Å²) in [5.74, 6) is 1.54. The van der Waals surface area contributed by atoms with Crippen molar-refractivity contribution in [1.82, 2.24) is 4.90 Å². The van der Waals surface area contributed by atoms with Crippen LogP contribution < -0.4 is 5.73 Å². The van der Waals surface area contributed by atoms with Gasteiger partial charge >= 0.3 is 0 Å². The molecule has 0 radical (unpaired) electrons. The molecule has 1 saturated carbocycles. The summed E-state index contributed by atoms with van der Waals surface area (Å²) in [5, 5.41) is 0. The van der Waals surface area contributed by atoms with E-state index in [0.29, 0.717) is 0 Å². The van der Waals surface area contributed by atoms with E-state index >= 15 is 0 Å². The highest BCUT2D eigenvalue weighted by Gasteiger charge is 2.29. The monoisotopic (exact) mass is 272 g/mol. The molecular weight excluding hydrogens is 244 g/mol. The van der Waals surface area contributed by atoms with Crippen LogP contribution in [0.4, 0.5) is 0 Å². The topological polar surface area (TPSA) is 29.3 Å². The van der Waals surface area contributed by atoms with E-state index in [1.54, 1.807) is 5.56 Å². The number of hydrogen-bond donors (Lipinski definition) is 1. The second-order valence-corrected chi connectivity index (χ2v) is 6.66. The van der Waals surface area contributed by atoms with Crippen LogP contribution in [0.1, 0.15) is 50.0 Å². The van der Waals surface area contributed by atoms with Crippen molar-refractivity contribution in [2.24, 2.45) is 11.7 Å². The first-order valence-electron chi connectivity index (χ1n) is 8.36. The second kappa shape index (κ2) is 6.73. The van der Waals surface area contributed by atoms with Crippen LogP contribution in [0.3, 0.4) is 0 Å². The van der Waals surface area contributed by atoms with Crippen LogP contribution in [-0.4, -0.2) is 30.6 Å². The second-order valence-electron chi connectivity index (χ2n) is 6.66. The Balaban J connectivity index is 1.53. The molecule has 0 bridgehead atoms. The Morgan fingerprint density at radius 1 is 1.00 bits per heavy atom. The molecule has 0 amide bonds. The summed E-state index contributed by atoms with van der Waals surface area (Å²) < 4.78 is 0. The third-order valence-corrected chi connectivity index (χ3v) is 5.37. The summed E-state index contributed by atoms with van der Waals surface area (Å²) in [7, 11) is 0. The van der Waals surface area contributed by atoms with Crippen LogP contribution in [0, 0.1) is 5.92 Å². The molecule has 2 N–H and O–H groups in total. The van der Waals surface area contributed by atoms with Crippen molar-refractivity contribution in [2.45, 2.75) is 50.5 Å². The van der Waals surface area contributed by atoms with Crippen molar-refractivity contribution < 1.29 is 0 Å². The van der Waals surface area contributed by atoms with Crippen molar-refractivity contribution in [2.75, 3.05) is 19.6 Å². The fraction of sp³-hybridized carbons (Fsp3) is 0.667. The van der Waals surface area contributed by atoms with E-state index in [0.717, 1.165) is 24.4 Å². The van der Waals surface area contributed by atoms with Crippen LogP contribution in [0.25, 0.3) is 0 Å². The average Bonchev–Trinajstić information content (AvgIpc) is 2.56. The highest BCUT2D eigenvalue weighted by atomic mass is 15.2. The van der Waals surface area contributed by atoms with Gasteiger partial charge in [-0.25, -0.2) is 0 Å². The zero-order valence-electron chi connectivity index (χ0n) is 12.5. The number of rotatable bonds is 3. The van der Waals surface area contributed by atoms with Gasteiger partial charge < -0.3 is 10.6 Å². The number of hydrogen-bond acceptors (Lipinski definition) is 2. The van der Waals surface area contributed by atoms with Crippen LogP contribution in [0.15, 0.2) is 30.3 Å². The van der Waals surface area contributed by atoms with Gasteiger partial charge in [-0.15, -0.1) is 0 Å². The summed E-state index contributed by atoms with van der Waals surface area (Å²) in [6.07, 6.45) is 8.15. The third-order valence-electron chi connectivity index (χ3n) is 5.37. The van der Waals surface area contributed by atoms with E-state index in [4.69, 9.17) is 5.73 Å². The molecule has 0 spiro atoms. The smallest absolute Gasteiger partial charge is 0.00958 e. The Kier molecular flexibility index (Phi) is 4.74. The molecule has 1 atom stereocenters. The lowest BCUT2D eigenvalue weighted by molar-refractivity contribution is 0.0968. The predicted molar refractivity (Wildman–Crippen MR) is 84.8 cm³/mol. The first-order valence-corrected chi connectivity index (χ1v) is 8.36. The maximum atomic E-state index is 5.87. The zero-order chi connectivity index (χ0) is 13.8. The molecule has 1 saturated heterocycles. The van der Waals surface area contributed by atoms with E-state index < -0.39 is 0 Å². The van der Waals surface area contributed by atoms with Crippen molar-refractivity contribution in [3.63, 3.8) is 0 Å². The fourth-order valence-electron chi connectivity index (χ4n) is 4.12. The molecule has 20 heavy (non-hydrogen) atoms. The molecule has 1 unspecified atom stereocenters. The highest BCUT2D eigenvalue weighted by Crippen LogP contribution is 2.35. The molecule has 2 fully saturated rings. The van der Waals surface area contributed by atoms with Gasteiger partial charge in [-0.1, -0.05) is 30.3 Å². The number of nitrogens with two attached hydrogens (primary N) is 1. The van der Waals surface area contributed by atoms with Crippen molar-refractivity contribution >= 4 is 0 Å². The number of piperidine rings is 1. The molecule has 2 heteroatoms. The molecule has 1 aromatic rings. The van der Waals surface area contributed by atoms with Gasteiger partial charge in [0.25, 0.3) is 0 Å². The number of likely N-dealkylation sites (tertiary alicyclic amines) is 1. The van der Waals surface area contributed by atoms with Gasteiger partial charge in [0.2, 0.25) is 0 Å². The van der Waals surface area contributed by atoms with Crippen LogP contribution in [0.2, 0.25) is 0 Å². The lowest BCUT2D eigenvalue weighted by Gasteiger charge is -2.41. The number of benzene rings is 1. The lowest BCUT2D eigenvalue weighted by atomic mass is 9.80. The standard InChI is InChI=1S/C18H28N2/c19-13-15-5-4-12-20(14-15)18-10-8-17(9-11-18)16-6-2-1-3-7-16/h1-3,6-7,15,17-18H,4-5,8-14,19H2. The van der Waals surface area contributed by atoms with Gasteiger partial charge in [-0.05, 0) is 69.0 Å². The van der Waals surface area contributed by atoms with Gasteiger partial charge in [-0.3, -0.25) is 0 Å². The fourth-order valence-corrected chi connectivity index (χ4v) is 4.12. The summed E-state index contributed by atoms with van der Waals surface area (Å²) in [5.41, 5.74) is 7.41. The molecule has 2 aliphatic rings. The van der Waals surface area contributed by atoms with Crippen LogP contribution in [0.5, 0.6) is 0 Å². The van der Waals surface area contributed by atoms with Gasteiger partial charge in [0, 0.05) is 12.6 Å². The Labute approximate surface area is 123 Å². The Hall–Kier alpha value is -0.860. The summed E-state index contributed by atoms with van der Waals surface area (Å²) >= 11 is 0. The quantitative estimate of drug-likeness (QED) is 0.914. The van der Waals surface area contributed by atoms with Crippen molar-refractivity contribution in [3.8, 4) is 0 Å². The van der Waals surface area contributed by atoms with Gasteiger partial charge in [0.1, 0.15) is 0 Å². The first-order chi connectivity index (χ1) is 9.86. The third kappa shape index (κ3) is 3.24. The summed E-state index contributed by atoms with van der Waals surface area (Å²) in [6.45, 7) is 3.42. The lowest BCUT2D eigenvalue weighted by Crippen LogP contribution is -2.45. The normalized spacial score (nSPS) is 32.1. The van der Waals surface area contributed by atoms with Gasteiger partial charge in [0.15, 0.2) is 0 Å². The summed E-state index contributed by atoms with van der Waals surface area (Å²) in [6, 6.07) is 11.9. The molecule has 3 rings (SSSR count). The van der Waals surface area contributed by atoms with E-state index in [1.807, 2.05) is 0 Å². The van der Waals surface area contributed by atoms with Crippen molar-refractivity contribution in [1.29, 1.82) is 0 Å². The molecule has 2 nitrogen and oxygen atoms in total. The minimum absolute atomic E-state index is 0.746. The maximum absolute atomic E-state index is 5.87. The molecule has 1 aliphatic heterocycles. The minimum atomic E-state index is 0.746. The highest BCUT2D eigenvalue weighted by molar-refractivity contribution is 5.20. The molecular formula is C18H28N2. The predicted octanol–water partition coefficient (Wildman–Crippen LogP) is 3.38.